The molecule has 0 bridgehead atoms. The van der Waals surface area contributed by atoms with E-state index in [4.69, 9.17) is 4.74 Å². The number of hydrogen-bond donors (Lipinski definition) is 1. The van der Waals surface area contributed by atoms with E-state index in [0.717, 1.165) is 0 Å². The van der Waals surface area contributed by atoms with E-state index in [-0.39, 0.29) is 22.8 Å². The molecule has 37 heavy (non-hydrogen) atoms. The number of fused-ring (bicyclic) bond motifs is 1. The minimum atomic E-state index is -0.728. The summed E-state index contributed by atoms with van der Waals surface area (Å²) in [5, 5.41) is 16.8. The van der Waals surface area contributed by atoms with E-state index in [1.807, 2.05) is 12.1 Å². The van der Waals surface area contributed by atoms with Crippen LogP contribution in [0.15, 0.2) is 91.1 Å². The fourth-order valence-corrected chi connectivity index (χ4v) is 3.81. The fourth-order valence-electron chi connectivity index (χ4n) is 3.81. The first-order valence-corrected chi connectivity index (χ1v) is 11.2. The molecule has 5 aromatic rings. The Kier molecular flexibility index (Phi) is 6.38. The minimum absolute atomic E-state index is 0.160. The Morgan fingerprint density at radius 3 is 2.49 bits per heavy atom. The second-order valence-corrected chi connectivity index (χ2v) is 7.97. The maximum Gasteiger partial charge on any atom is 0.339 e. The number of carbonyl (C=O) groups excluding carboxylic acids is 2. The van der Waals surface area contributed by atoms with Gasteiger partial charge >= 0.3 is 5.97 Å². The van der Waals surface area contributed by atoms with Gasteiger partial charge in [-0.3, -0.25) is 4.79 Å². The van der Waals surface area contributed by atoms with Gasteiger partial charge in [-0.05, 0) is 48.5 Å². The van der Waals surface area contributed by atoms with Crippen molar-refractivity contribution in [2.45, 2.75) is 0 Å². The van der Waals surface area contributed by atoms with E-state index in [2.05, 4.69) is 15.4 Å². The summed E-state index contributed by atoms with van der Waals surface area (Å²) in [5.41, 5.74) is 2.65. The molecule has 0 fully saturated rings. The molecular formula is C28H18FN5O3. The number of benzene rings is 3. The standard InChI is InChI=1S/C28H18FN5O3/c29-20-12-10-18(11-13-20)25-14-23(22-8-4-5-9-24(22)32-25)28(36)37-17-26(35)33-27-19(15-30)16-31-34(27)21-6-2-1-3-7-21/h1-14,16H,17H2,(H,33,35). The molecule has 0 aliphatic rings. The number of ether oxygens (including phenoxy) is 1. The molecule has 2 heterocycles. The molecule has 3 aromatic carbocycles. The Morgan fingerprint density at radius 2 is 1.73 bits per heavy atom. The highest BCUT2D eigenvalue weighted by molar-refractivity contribution is 6.05. The molecule has 1 N–H and O–H groups in total. The van der Waals surface area contributed by atoms with Gasteiger partial charge in [0.15, 0.2) is 12.4 Å². The molecule has 8 nitrogen and oxygen atoms in total. The normalized spacial score (nSPS) is 10.6. The number of para-hydroxylation sites is 2. The number of nitrogens with one attached hydrogen (secondary N) is 1. The van der Waals surface area contributed by atoms with Gasteiger partial charge in [-0.2, -0.15) is 10.4 Å². The predicted octanol–water partition coefficient (Wildman–Crippen LogP) is 4.89. The van der Waals surface area contributed by atoms with Gasteiger partial charge in [-0.1, -0.05) is 36.4 Å². The van der Waals surface area contributed by atoms with E-state index in [1.54, 1.807) is 66.7 Å². The van der Waals surface area contributed by atoms with Gasteiger partial charge in [0, 0.05) is 10.9 Å². The van der Waals surface area contributed by atoms with Crippen molar-refractivity contribution in [3.63, 3.8) is 0 Å². The molecule has 0 atom stereocenters. The average molecular weight is 491 g/mol. The maximum absolute atomic E-state index is 13.4. The molecule has 0 radical (unpaired) electrons. The summed E-state index contributed by atoms with van der Waals surface area (Å²) in [5.74, 6) is -1.58. The lowest BCUT2D eigenvalue weighted by Crippen LogP contribution is -2.23. The smallest absolute Gasteiger partial charge is 0.339 e. The van der Waals surface area contributed by atoms with Crippen molar-refractivity contribution in [2.24, 2.45) is 0 Å². The van der Waals surface area contributed by atoms with Crippen LogP contribution in [-0.2, 0) is 9.53 Å². The Labute approximate surface area is 210 Å². The van der Waals surface area contributed by atoms with Crippen molar-refractivity contribution in [3.05, 3.63) is 108 Å². The molecular weight excluding hydrogens is 473 g/mol. The first kappa shape index (κ1) is 23.4. The van der Waals surface area contributed by atoms with Crippen LogP contribution < -0.4 is 5.32 Å². The summed E-state index contributed by atoms with van der Waals surface area (Å²) >= 11 is 0. The van der Waals surface area contributed by atoms with Gasteiger partial charge in [0.05, 0.1) is 28.7 Å². The lowest BCUT2D eigenvalue weighted by molar-refractivity contribution is -0.119. The second kappa shape index (κ2) is 10.1. The van der Waals surface area contributed by atoms with Gasteiger partial charge < -0.3 is 10.1 Å². The maximum atomic E-state index is 13.4. The number of hydrogen-bond acceptors (Lipinski definition) is 6. The van der Waals surface area contributed by atoms with E-state index >= 15 is 0 Å². The van der Waals surface area contributed by atoms with Crippen LogP contribution in [-0.4, -0.2) is 33.2 Å². The number of nitrogens with zero attached hydrogens (tertiary/aromatic N) is 4. The topological polar surface area (TPSA) is 110 Å². The van der Waals surface area contributed by atoms with Crippen LogP contribution in [0.25, 0.3) is 27.8 Å². The zero-order valence-corrected chi connectivity index (χ0v) is 19.3. The summed E-state index contributed by atoms with van der Waals surface area (Å²) in [4.78, 5) is 30.3. The van der Waals surface area contributed by atoms with Gasteiger partial charge in [-0.25, -0.2) is 18.9 Å². The van der Waals surface area contributed by atoms with Crippen molar-refractivity contribution in [3.8, 4) is 23.0 Å². The first-order valence-electron chi connectivity index (χ1n) is 11.2. The number of carbonyl (C=O) groups is 2. The fraction of sp³-hybridized carbons (Fsp3) is 0.0357. The van der Waals surface area contributed by atoms with Gasteiger partial charge in [-0.15, -0.1) is 0 Å². The Bertz CT molecular complexity index is 1660. The molecule has 0 unspecified atom stereocenters. The van der Waals surface area contributed by atoms with E-state index in [1.165, 1.54) is 23.0 Å². The molecule has 0 aliphatic carbocycles. The number of amides is 1. The number of aromatic nitrogens is 3. The first-order chi connectivity index (χ1) is 18.0. The minimum Gasteiger partial charge on any atom is -0.452 e. The van der Waals surface area contributed by atoms with Crippen molar-refractivity contribution in [2.75, 3.05) is 11.9 Å². The molecule has 180 valence electrons. The average Bonchev–Trinajstić information content (AvgIpc) is 3.34. The molecule has 0 aliphatic heterocycles. The van der Waals surface area contributed by atoms with E-state index in [9.17, 15) is 19.2 Å². The Morgan fingerprint density at radius 1 is 1.00 bits per heavy atom. The van der Waals surface area contributed by atoms with Crippen LogP contribution in [0.2, 0.25) is 0 Å². The van der Waals surface area contributed by atoms with E-state index in [0.29, 0.717) is 27.8 Å². The number of rotatable bonds is 6. The third-order valence-electron chi connectivity index (χ3n) is 5.56. The van der Waals surface area contributed by atoms with Crippen LogP contribution in [0.5, 0.6) is 0 Å². The van der Waals surface area contributed by atoms with Crippen LogP contribution in [0, 0.1) is 17.1 Å². The van der Waals surface area contributed by atoms with Crippen LogP contribution in [0.1, 0.15) is 15.9 Å². The van der Waals surface area contributed by atoms with Crippen molar-refractivity contribution >= 4 is 28.6 Å². The summed E-state index contributed by atoms with van der Waals surface area (Å²) in [6.07, 6.45) is 1.34. The third-order valence-corrected chi connectivity index (χ3v) is 5.56. The molecule has 0 saturated heterocycles. The van der Waals surface area contributed by atoms with Crippen molar-refractivity contribution < 1.29 is 18.7 Å². The number of pyridine rings is 1. The molecule has 0 saturated carbocycles. The van der Waals surface area contributed by atoms with Gasteiger partial charge in [0.2, 0.25) is 0 Å². The quantitative estimate of drug-likeness (QED) is 0.339. The monoisotopic (exact) mass is 491 g/mol. The zero-order valence-electron chi connectivity index (χ0n) is 19.3. The predicted molar refractivity (Wildman–Crippen MR) is 134 cm³/mol. The number of halogens is 1. The number of anilines is 1. The summed E-state index contributed by atoms with van der Waals surface area (Å²) < 4.78 is 20.1. The van der Waals surface area contributed by atoms with Gasteiger partial charge in [0.25, 0.3) is 5.91 Å². The second-order valence-electron chi connectivity index (χ2n) is 7.97. The van der Waals surface area contributed by atoms with Crippen LogP contribution >= 0.6 is 0 Å². The summed E-state index contributed by atoms with van der Waals surface area (Å²) in [7, 11) is 0. The zero-order chi connectivity index (χ0) is 25.8. The molecule has 1 amide bonds. The SMILES string of the molecule is N#Cc1cnn(-c2ccccc2)c1NC(=O)COC(=O)c1cc(-c2ccc(F)cc2)nc2ccccc12. The molecule has 2 aromatic heterocycles. The summed E-state index contributed by atoms with van der Waals surface area (Å²) in [6.45, 7) is -0.591. The number of esters is 1. The van der Waals surface area contributed by atoms with Crippen LogP contribution in [0.3, 0.4) is 0 Å². The molecule has 5 rings (SSSR count). The van der Waals surface area contributed by atoms with Gasteiger partial charge in [0.1, 0.15) is 17.4 Å². The van der Waals surface area contributed by atoms with Crippen LogP contribution in [0.4, 0.5) is 10.2 Å². The Hall–Kier alpha value is -5.36. The van der Waals surface area contributed by atoms with E-state index < -0.39 is 18.5 Å². The number of nitriles is 1. The highest BCUT2D eigenvalue weighted by Crippen LogP contribution is 2.26. The highest BCUT2D eigenvalue weighted by Gasteiger charge is 2.19. The van der Waals surface area contributed by atoms with Crippen molar-refractivity contribution in [1.29, 1.82) is 5.26 Å². The Balaban J connectivity index is 1.37. The highest BCUT2D eigenvalue weighted by atomic mass is 19.1. The largest absolute Gasteiger partial charge is 0.452 e. The van der Waals surface area contributed by atoms with Crippen molar-refractivity contribution in [1.82, 2.24) is 14.8 Å². The summed E-state index contributed by atoms with van der Waals surface area (Å²) in [6, 6.07) is 25.3. The lowest BCUT2D eigenvalue weighted by Gasteiger charge is -2.11. The third kappa shape index (κ3) is 4.90. The lowest BCUT2D eigenvalue weighted by atomic mass is 10.0. The molecule has 0 spiro atoms. The molecule has 9 heteroatoms.